The molecule has 1 unspecified atom stereocenters. The van der Waals surface area contributed by atoms with Gasteiger partial charge in [0.05, 0.1) is 6.10 Å². The van der Waals surface area contributed by atoms with Crippen LogP contribution in [0.3, 0.4) is 0 Å². The van der Waals surface area contributed by atoms with Crippen molar-refractivity contribution >= 4 is 0 Å². The Kier molecular flexibility index (Phi) is 5.78. The predicted molar refractivity (Wildman–Crippen MR) is 86.4 cm³/mol. The Hall–Kier alpha value is -1.84. The molecule has 3 heteroatoms. The minimum atomic E-state index is 0.152. The van der Waals surface area contributed by atoms with Gasteiger partial charge in [-0.1, -0.05) is 36.4 Å². The van der Waals surface area contributed by atoms with Gasteiger partial charge in [0.2, 0.25) is 0 Å². The van der Waals surface area contributed by atoms with E-state index in [0.717, 1.165) is 17.7 Å². The molecule has 0 heterocycles. The summed E-state index contributed by atoms with van der Waals surface area (Å²) in [5.74, 6) is 0.890. The Bertz CT molecular complexity index is 534. The first kappa shape index (κ1) is 15.5. The summed E-state index contributed by atoms with van der Waals surface area (Å²) in [6.07, 6.45) is 1.04. The average molecular weight is 285 g/mol. The van der Waals surface area contributed by atoms with E-state index < -0.39 is 0 Å². The van der Waals surface area contributed by atoms with Crippen molar-refractivity contribution in [2.24, 2.45) is 5.73 Å². The molecule has 0 aromatic heterocycles. The fraction of sp³-hybridized carbons (Fsp3) is 0.333. The van der Waals surface area contributed by atoms with Crippen molar-refractivity contribution in [1.82, 2.24) is 0 Å². The van der Waals surface area contributed by atoms with Gasteiger partial charge in [0, 0.05) is 26.7 Å². The van der Waals surface area contributed by atoms with E-state index in [9.17, 15) is 0 Å². The molecule has 2 N–H and O–H groups in total. The minimum Gasteiger partial charge on any atom is -0.491 e. The zero-order valence-corrected chi connectivity index (χ0v) is 12.7. The first-order chi connectivity index (χ1) is 10.2. The number of rotatable bonds is 7. The second kappa shape index (κ2) is 7.81. The Morgan fingerprint density at radius 1 is 0.952 bits per heavy atom. The van der Waals surface area contributed by atoms with E-state index in [1.165, 1.54) is 11.1 Å². The summed E-state index contributed by atoms with van der Waals surface area (Å²) in [6, 6.07) is 16.5. The van der Waals surface area contributed by atoms with Crippen LogP contribution in [0.4, 0.5) is 0 Å². The lowest BCUT2D eigenvalue weighted by atomic mass is 10.0. The standard InChI is InChI=1S/C18H23NO2/c1-14(11-12-20-2)21-18-9-7-17(8-10-18)16-5-3-15(13-19)4-6-16/h3-10,14H,11-13,19H2,1-2H3. The number of methoxy groups -OCH3 is 1. The van der Waals surface area contributed by atoms with E-state index in [1.54, 1.807) is 7.11 Å². The van der Waals surface area contributed by atoms with Crippen molar-refractivity contribution in [1.29, 1.82) is 0 Å². The van der Waals surface area contributed by atoms with Crippen LogP contribution in [0.2, 0.25) is 0 Å². The third-order valence-corrected chi connectivity index (χ3v) is 3.44. The van der Waals surface area contributed by atoms with Crippen molar-refractivity contribution in [3.05, 3.63) is 54.1 Å². The fourth-order valence-electron chi connectivity index (χ4n) is 2.13. The van der Waals surface area contributed by atoms with Crippen molar-refractivity contribution in [3.63, 3.8) is 0 Å². The predicted octanol–water partition coefficient (Wildman–Crippen LogP) is 3.62. The van der Waals surface area contributed by atoms with Gasteiger partial charge in [-0.05, 0) is 35.7 Å². The monoisotopic (exact) mass is 285 g/mol. The van der Waals surface area contributed by atoms with Crippen molar-refractivity contribution < 1.29 is 9.47 Å². The molecular formula is C18H23NO2. The van der Waals surface area contributed by atoms with Gasteiger partial charge in [-0.3, -0.25) is 0 Å². The molecule has 0 bridgehead atoms. The van der Waals surface area contributed by atoms with Gasteiger partial charge >= 0.3 is 0 Å². The summed E-state index contributed by atoms with van der Waals surface area (Å²) in [6.45, 7) is 3.34. The van der Waals surface area contributed by atoms with Gasteiger partial charge in [0.25, 0.3) is 0 Å². The van der Waals surface area contributed by atoms with E-state index >= 15 is 0 Å². The molecule has 112 valence electrons. The quantitative estimate of drug-likeness (QED) is 0.845. The highest BCUT2D eigenvalue weighted by Gasteiger charge is 2.04. The highest BCUT2D eigenvalue weighted by atomic mass is 16.5. The minimum absolute atomic E-state index is 0.152. The highest BCUT2D eigenvalue weighted by Crippen LogP contribution is 2.23. The van der Waals surface area contributed by atoms with Crippen molar-refractivity contribution in [3.8, 4) is 16.9 Å². The number of ether oxygens (including phenoxy) is 2. The molecule has 3 nitrogen and oxygen atoms in total. The van der Waals surface area contributed by atoms with E-state index in [1.807, 2.05) is 12.1 Å². The van der Waals surface area contributed by atoms with Crippen LogP contribution < -0.4 is 10.5 Å². The van der Waals surface area contributed by atoms with Crippen LogP contribution in [-0.4, -0.2) is 19.8 Å². The van der Waals surface area contributed by atoms with Crippen molar-refractivity contribution in [2.75, 3.05) is 13.7 Å². The van der Waals surface area contributed by atoms with Crippen LogP contribution in [-0.2, 0) is 11.3 Å². The molecule has 0 aliphatic heterocycles. The maximum Gasteiger partial charge on any atom is 0.119 e. The molecule has 0 saturated heterocycles. The Labute approximate surface area is 126 Å². The molecule has 0 aliphatic carbocycles. The summed E-state index contributed by atoms with van der Waals surface area (Å²) in [5, 5.41) is 0. The van der Waals surface area contributed by atoms with Crippen LogP contribution in [0, 0.1) is 0 Å². The smallest absolute Gasteiger partial charge is 0.119 e. The summed E-state index contributed by atoms with van der Waals surface area (Å²) < 4.78 is 10.9. The lowest BCUT2D eigenvalue weighted by molar-refractivity contribution is 0.135. The third-order valence-electron chi connectivity index (χ3n) is 3.44. The molecule has 1 atom stereocenters. The fourth-order valence-corrected chi connectivity index (χ4v) is 2.13. The van der Waals surface area contributed by atoms with Crippen LogP contribution in [0.5, 0.6) is 5.75 Å². The van der Waals surface area contributed by atoms with Gasteiger partial charge in [0.15, 0.2) is 0 Å². The number of benzene rings is 2. The van der Waals surface area contributed by atoms with Gasteiger partial charge in [0.1, 0.15) is 5.75 Å². The topological polar surface area (TPSA) is 44.5 Å². The number of nitrogens with two attached hydrogens (primary N) is 1. The zero-order chi connectivity index (χ0) is 15.1. The van der Waals surface area contributed by atoms with Crippen LogP contribution in [0.15, 0.2) is 48.5 Å². The molecule has 2 rings (SSSR count). The zero-order valence-electron chi connectivity index (χ0n) is 12.7. The number of hydrogen-bond acceptors (Lipinski definition) is 3. The second-order valence-corrected chi connectivity index (χ2v) is 5.14. The van der Waals surface area contributed by atoms with E-state index in [4.69, 9.17) is 15.2 Å². The molecule has 0 fully saturated rings. The molecule has 2 aromatic rings. The summed E-state index contributed by atoms with van der Waals surface area (Å²) in [7, 11) is 1.71. The first-order valence-electron chi connectivity index (χ1n) is 7.28. The number of hydrogen-bond donors (Lipinski definition) is 1. The lowest BCUT2D eigenvalue weighted by Crippen LogP contribution is -2.14. The highest BCUT2D eigenvalue weighted by molar-refractivity contribution is 5.64. The SMILES string of the molecule is COCCC(C)Oc1ccc(-c2ccc(CN)cc2)cc1. The van der Waals surface area contributed by atoms with Crippen LogP contribution >= 0.6 is 0 Å². The third kappa shape index (κ3) is 4.59. The lowest BCUT2D eigenvalue weighted by Gasteiger charge is -2.14. The summed E-state index contributed by atoms with van der Waals surface area (Å²) >= 11 is 0. The van der Waals surface area contributed by atoms with Crippen LogP contribution in [0.1, 0.15) is 18.9 Å². The largest absolute Gasteiger partial charge is 0.491 e. The molecule has 0 radical (unpaired) electrons. The Morgan fingerprint density at radius 3 is 2.05 bits per heavy atom. The van der Waals surface area contributed by atoms with Gasteiger partial charge in [-0.25, -0.2) is 0 Å². The van der Waals surface area contributed by atoms with Crippen molar-refractivity contribution in [2.45, 2.75) is 26.0 Å². The Balaban J connectivity index is 2.00. The molecule has 0 spiro atoms. The Morgan fingerprint density at radius 2 is 1.52 bits per heavy atom. The molecule has 0 amide bonds. The normalized spacial score (nSPS) is 12.1. The molecule has 21 heavy (non-hydrogen) atoms. The molecule has 0 aliphatic rings. The van der Waals surface area contributed by atoms with Gasteiger partial charge < -0.3 is 15.2 Å². The molecule has 0 saturated carbocycles. The van der Waals surface area contributed by atoms with Gasteiger partial charge in [-0.15, -0.1) is 0 Å². The summed E-state index contributed by atoms with van der Waals surface area (Å²) in [4.78, 5) is 0. The van der Waals surface area contributed by atoms with E-state index in [-0.39, 0.29) is 6.10 Å². The van der Waals surface area contributed by atoms with E-state index in [0.29, 0.717) is 13.2 Å². The maximum atomic E-state index is 5.85. The molecular weight excluding hydrogens is 262 g/mol. The molecule has 2 aromatic carbocycles. The van der Waals surface area contributed by atoms with Gasteiger partial charge in [-0.2, -0.15) is 0 Å². The summed E-state index contributed by atoms with van der Waals surface area (Å²) in [5.41, 5.74) is 9.12. The average Bonchev–Trinajstić information content (AvgIpc) is 2.54. The maximum absolute atomic E-state index is 5.85. The van der Waals surface area contributed by atoms with Crippen LogP contribution in [0.25, 0.3) is 11.1 Å². The second-order valence-electron chi connectivity index (χ2n) is 5.14. The first-order valence-corrected chi connectivity index (χ1v) is 7.28. The van der Waals surface area contributed by atoms with E-state index in [2.05, 4.69) is 43.3 Å².